The Bertz CT molecular complexity index is 465. The maximum absolute atomic E-state index is 9.25. The Morgan fingerprint density at radius 2 is 2.10 bits per heavy atom. The molecule has 3 heteroatoms. The van der Waals surface area contributed by atoms with Crippen LogP contribution in [-0.4, -0.2) is 18.7 Å². The lowest BCUT2D eigenvalue weighted by Crippen LogP contribution is -2.41. The van der Waals surface area contributed by atoms with Gasteiger partial charge in [0.25, 0.3) is 0 Å². The monoisotopic (exact) mass is 274 g/mol. The van der Waals surface area contributed by atoms with E-state index in [2.05, 4.69) is 44.3 Å². The number of aryl methyl sites for hydroxylation is 2. The Hall–Kier alpha value is -1.53. The molecule has 0 aliphatic rings. The zero-order valence-electron chi connectivity index (χ0n) is 13.1. The number of hydrogen-bond acceptors (Lipinski definition) is 3. The minimum absolute atomic E-state index is 0.443. The van der Waals surface area contributed by atoms with Crippen LogP contribution in [0.5, 0.6) is 5.75 Å². The fourth-order valence-corrected chi connectivity index (χ4v) is 2.15. The van der Waals surface area contributed by atoms with Crippen LogP contribution in [0, 0.1) is 25.2 Å². The van der Waals surface area contributed by atoms with Gasteiger partial charge in [-0.1, -0.05) is 24.6 Å². The van der Waals surface area contributed by atoms with Crippen LogP contribution in [0.15, 0.2) is 18.2 Å². The minimum Gasteiger partial charge on any atom is -0.493 e. The molecule has 1 aromatic carbocycles. The summed E-state index contributed by atoms with van der Waals surface area (Å²) in [5.74, 6) is 0.941. The lowest BCUT2D eigenvalue weighted by Gasteiger charge is -2.23. The van der Waals surface area contributed by atoms with E-state index in [1.807, 2.05) is 13.0 Å². The number of nitrogens with one attached hydrogen (secondary N) is 1. The Morgan fingerprint density at radius 1 is 1.35 bits per heavy atom. The molecule has 1 atom stereocenters. The zero-order valence-corrected chi connectivity index (χ0v) is 13.1. The molecule has 0 radical (unpaired) electrons. The van der Waals surface area contributed by atoms with E-state index >= 15 is 0 Å². The first kappa shape index (κ1) is 16.5. The van der Waals surface area contributed by atoms with Crippen molar-refractivity contribution in [1.82, 2.24) is 5.32 Å². The van der Waals surface area contributed by atoms with Crippen LogP contribution in [0.1, 0.15) is 44.2 Å². The topological polar surface area (TPSA) is 45.0 Å². The summed E-state index contributed by atoms with van der Waals surface area (Å²) in [5.41, 5.74) is 1.97. The molecule has 0 fully saturated rings. The van der Waals surface area contributed by atoms with E-state index in [0.29, 0.717) is 6.61 Å². The third-order valence-corrected chi connectivity index (χ3v) is 3.42. The van der Waals surface area contributed by atoms with Gasteiger partial charge in [0, 0.05) is 0 Å². The van der Waals surface area contributed by atoms with Gasteiger partial charge in [0.15, 0.2) is 0 Å². The van der Waals surface area contributed by atoms with Gasteiger partial charge in [-0.25, -0.2) is 0 Å². The Labute approximate surface area is 123 Å². The van der Waals surface area contributed by atoms with E-state index in [1.54, 1.807) is 0 Å². The van der Waals surface area contributed by atoms with Crippen molar-refractivity contribution in [3.8, 4) is 11.8 Å². The van der Waals surface area contributed by atoms with Crippen LogP contribution in [-0.2, 0) is 0 Å². The number of hydrogen-bond donors (Lipinski definition) is 1. The van der Waals surface area contributed by atoms with E-state index in [4.69, 9.17) is 4.74 Å². The molecule has 110 valence electrons. The van der Waals surface area contributed by atoms with Crippen molar-refractivity contribution in [2.24, 2.45) is 0 Å². The number of nitriles is 1. The summed E-state index contributed by atoms with van der Waals surface area (Å²) in [4.78, 5) is 0. The van der Waals surface area contributed by atoms with Crippen LogP contribution in [0.2, 0.25) is 0 Å². The average Bonchev–Trinajstić information content (AvgIpc) is 2.43. The minimum atomic E-state index is -0.443. The second-order valence-corrected chi connectivity index (χ2v) is 5.59. The van der Waals surface area contributed by atoms with Crippen LogP contribution < -0.4 is 10.1 Å². The van der Waals surface area contributed by atoms with Crippen molar-refractivity contribution in [3.63, 3.8) is 0 Å². The molecule has 0 bridgehead atoms. The lowest BCUT2D eigenvalue weighted by molar-refractivity contribution is 0.284. The summed E-state index contributed by atoms with van der Waals surface area (Å²) in [5, 5.41) is 12.5. The third-order valence-electron chi connectivity index (χ3n) is 3.42. The zero-order chi connectivity index (χ0) is 15.0. The van der Waals surface area contributed by atoms with Gasteiger partial charge in [0.1, 0.15) is 11.3 Å². The third kappa shape index (κ3) is 5.22. The summed E-state index contributed by atoms with van der Waals surface area (Å²) in [6.07, 6.45) is 2.71. The molecule has 1 aromatic rings. The highest BCUT2D eigenvalue weighted by Gasteiger charge is 2.21. The van der Waals surface area contributed by atoms with Gasteiger partial charge in [-0.15, -0.1) is 0 Å². The SMILES string of the molecule is CCCNC(C)(C#N)CCCOc1ccc(C)cc1C. The van der Waals surface area contributed by atoms with Crippen molar-refractivity contribution in [3.05, 3.63) is 29.3 Å². The smallest absolute Gasteiger partial charge is 0.122 e. The maximum atomic E-state index is 9.25. The van der Waals surface area contributed by atoms with Crippen molar-refractivity contribution in [2.45, 2.75) is 52.5 Å². The van der Waals surface area contributed by atoms with Gasteiger partial charge < -0.3 is 4.74 Å². The summed E-state index contributed by atoms with van der Waals surface area (Å²) in [6, 6.07) is 8.56. The average molecular weight is 274 g/mol. The fourth-order valence-electron chi connectivity index (χ4n) is 2.15. The van der Waals surface area contributed by atoms with E-state index in [0.717, 1.165) is 37.1 Å². The van der Waals surface area contributed by atoms with Gasteiger partial charge in [0.2, 0.25) is 0 Å². The van der Waals surface area contributed by atoms with Gasteiger partial charge in [-0.2, -0.15) is 5.26 Å². The van der Waals surface area contributed by atoms with Gasteiger partial charge in [-0.05, 0) is 58.2 Å². The van der Waals surface area contributed by atoms with Crippen LogP contribution >= 0.6 is 0 Å². The number of rotatable bonds is 8. The normalized spacial score (nSPS) is 13.6. The summed E-state index contributed by atoms with van der Waals surface area (Å²) in [7, 11) is 0. The van der Waals surface area contributed by atoms with Crippen LogP contribution in [0.25, 0.3) is 0 Å². The van der Waals surface area contributed by atoms with Crippen molar-refractivity contribution in [1.29, 1.82) is 5.26 Å². The molecule has 20 heavy (non-hydrogen) atoms. The largest absolute Gasteiger partial charge is 0.493 e. The number of benzene rings is 1. The Kier molecular flexibility index (Phi) is 6.54. The lowest BCUT2D eigenvalue weighted by atomic mass is 9.98. The van der Waals surface area contributed by atoms with Gasteiger partial charge in [0.05, 0.1) is 12.7 Å². The van der Waals surface area contributed by atoms with Crippen LogP contribution in [0.3, 0.4) is 0 Å². The molecule has 1 rings (SSSR count). The first-order valence-corrected chi connectivity index (χ1v) is 7.37. The molecule has 1 unspecified atom stereocenters. The molecular weight excluding hydrogens is 248 g/mol. The maximum Gasteiger partial charge on any atom is 0.122 e. The second-order valence-electron chi connectivity index (χ2n) is 5.59. The quantitative estimate of drug-likeness (QED) is 0.734. The first-order valence-electron chi connectivity index (χ1n) is 7.37. The summed E-state index contributed by atoms with van der Waals surface area (Å²) in [6.45, 7) is 9.73. The number of nitrogens with zero attached hydrogens (tertiary/aromatic N) is 1. The van der Waals surface area contributed by atoms with E-state index in [9.17, 15) is 5.26 Å². The predicted molar refractivity (Wildman–Crippen MR) is 83.0 cm³/mol. The molecule has 3 nitrogen and oxygen atoms in total. The Morgan fingerprint density at radius 3 is 2.70 bits per heavy atom. The highest BCUT2D eigenvalue weighted by atomic mass is 16.5. The standard InChI is InChI=1S/C17H26N2O/c1-5-10-19-17(4,13-18)9-6-11-20-16-8-7-14(2)12-15(16)3/h7-8,12,19H,5-6,9-11H2,1-4H3. The molecule has 0 aliphatic carbocycles. The molecule has 0 saturated heterocycles. The summed E-state index contributed by atoms with van der Waals surface area (Å²) >= 11 is 0. The predicted octanol–water partition coefficient (Wildman–Crippen LogP) is 3.74. The van der Waals surface area contributed by atoms with Gasteiger partial charge in [-0.3, -0.25) is 5.32 Å². The highest BCUT2D eigenvalue weighted by molar-refractivity contribution is 5.35. The van der Waals surface area contributed by atoms with E-state index in [-0.39, 0.29) is 0 Å². The Balaban J connectivity index is 2.39. The molecule has 0 spiro atoms. The fraction of sp³-hybridized carbons (Fsp3) is 0.588. The van der Waals surface area contributed by atoms with Crippen LogP contribution in [0.4, 0.5) is 0 Å². The molecule has 0 saturated carbocycles. The first-order chi connectivity index (χ1) is 9.50. The van der Waals surface area contributed by atoms with Crippen molar-refractivity contribution in [2.75, 3.05) is 13.2 Å². The molecular formula is C17H26N2O. The van der Waals surface area contributed by atoms with E-state index < -0.39 is 5.54 Å². The molecule has 0 aromatic heterocycles. The molecule has 1 N–H and O–H groups in total. The summed E-state index contributed by atoms with van der Waals surface area (Å²) < 4.78 is 5.80. The second kappa shape index (κ2) is 7.91. The number of ether oxygens (including phenoxy) is 1. The molecule has 0 aliphatic heterocycles. The van der Waals surface area contributed by atoms with Crippen molar-refractivity contribution >= 4 is 0 Å². The van der Waals surface area contributed by atoms with Crippen molar-refractivity contribution < 1.29 is 4.74 Å². The van der Waals surface area contributed by atoms with Gasteiger partial charge >= 0.3 is 0 Å². The highest BCUT2D eigenvalue weighted by Crippen LogP contribution is 2.19. The van der Waals surface area contributed by atoms with E-state index in [1.165, 1.54) is 5.56 Å². The molecule has 0 amide bonds. The molecule has 0 heterocycles.